The average Bonchev–Trinajstić information content (AvgIpc) is 2.70. The van der Waals surface area contributed by atoms with Crippen molar-refractivity contribution in [1.29, 1.82) is 0 Å². The highest BCUT2D eigenvalue weighted by Gasteiger charge is 2.26. The zero-order valence-corrected chi connectivity index (χ0v) is 16.3. The molecule has 0 unspecified atom stereocenters. The van der Waals surface area contributed by atoms with Crippen LogP contribution in [0.4, 0.5) is 17.2 Å². The maximum atomic E-state index is 12.4. The lowest BCUT2D eigenvalue weighted by molar-refractivity contribution is -0.383. The fourth-order valence-corrected chi connectivity index (χ4v) is 3.27. The molecule has 0 atom stereocenters. The first-order valence-electron chi connectivity index (χ1n) is 9.10. The number of halogens is 1. The van der Waals surface area contributed by atoms with E-state index in [-0.39, 0.29) is 35.7 Å². The number of carbonyl (C=O) groups excluding carboxylic acids is 2. The van der Waals surface area contributed by atoms with Crippen LogP contribution in [0, 0.1) is 16.0 Å². The number of pyridine rings is 1. The van der Waals surface area contributed by atoms with Crippen LogP contribution in [-0.2, 0) is 9.59 Å². The number of carbonyl (C=O) groups is 2. The van der Waals surface area contributed by atoms with Gasteiger partial charge in [0.25, 0.3) is 5.69 Å². The van der Waals surface area contributed by atoms with Crippen LogP contribution in [0.3, 0.4) is 0 Å². The Morgan fingerprint density at radius 1 is 1.17 bits per heavy atom. The highest BCUT2D eigenvalue weighted by atomic mass is 35.5. The molecule has 0 aliphatic carbocycles. The van der Waals surface area contributed by atoms with E-state index >= 15 is 0 Å². The first-order chi connectivity index (χ1) is 13.9. The lowest BCUT2D eigenvalue weighted by Crippen LogP contribution is -2.41. The van der Waals surface area contributed by atoms with Crippen molar-refractivity contribution in [2.45, 2.75) is 12.8 Å². The van der Waals surface area contributed by atoms with E-state index in [0.717, 1.165) is 0 Å². The molecule has 2 N–H and O–H groups in total. The molecule has 1 saturated heterocycles. The number of benzene rings is 1. The maximum absolute atomic E-state index is 12.4. The van der Waals surface area contributed by atoms with Crippen LogP contribution in [-0.4, -0.2) is 46.3 Å². The molecule has 1 aliphatic heterocycles. The van der Waals surface area contributed by atoms with Gasteiger partial charge < -0.3 is 10.6 Å². The number of nitrogens with zero attached hydrogens (tertiary/aromatic N) is 3. The van der Waals surface area contributed by atoms with E-state index in [4.69, 9.17) is 11.6 Å². The van der Waals surface area contributed by atoms with Gasteiger partial charge in [0.15, 0.2) is 0 Å². The molecule has 1 fully saturated rings. The summed E-state index contributed by atoms with van der Waals surface area (Å²) in [5.41, 5.74) is 0.0271. The van der Waals surface area contributed by atoms with E-state index in [2.05, 4.69) is 15.6 Å². The largest absolute Gasteiger partial charge is 0.319 e. The molecule has 2 heterocycles. The minimum Gasteiger partial charge on any atom is -0.319 e. The fourth-order valence-electron chi connectivity index (χ4n) is 3.16. The average molecular weight is 418 g/mol. The molecule has 0 bridgehead atoms. The number of para-hydroxylation sites is 2. The monoisotopic (exact) mass is 417 g/mol. The van der Waals surface area contributed by atoms with Crippen LogP contribution < -0.4 is 10.6 Å². The number of aromatic nitrogens is 1. The van der Waals surface area contributed by atoms with E-state index in [9.17, 15) is 19.7 Å². The van der Waals surface area contributed by atoms with Crippen LogP contribution in [0.1, 0.15) is 12.8 Å². The fraction of sp³-hybridized carbons (Fsp3) is 0.316. The van der Waals surface area contributed by atoms with Crippen molar-refractivity contribution in [1.82, 2.24) is 9.88 Å². The van der Waals surface area contributed by atoms with Gasteiger partial charge in [0.05, 0.1) is 16.5 Å². The summed E-state index contributed by atoms with van der Waals surface area (Å²) in [7, 11) is 0. The number of amides is 2. The third-order valence-electron chi connectivity index (χ3n) is 4.68. The summed E-state index contributed by atoms with van der Waals surface area (Å²) >= 11 is 5.78. The van der Waals surface area contributed by atoms with Crippen molar-refractivity contribution in [3.05, 3.63) is 57.7 Å². The quantitative estimate of drug-likeness (QED) is 0.551. The van der Waals surface area contributed by atoms with E-state index in [1.54, 1.807) is 24.3 Å². The Bertz CT molecular complexity index is 898. The maximum Gasteiger partial charge on any atom is 0.292 e. The molecule has 29 heavy (non-hydrogen) atoms. The SMILES string of the molecule is O=C(CN1CCC(C(=O)Nc2ccc(Cl)cn2)CC1)Nc1ccccc1[N+](=O)[O-]. The number of nitro groups is 1. The number of nitrogens with one attached hydrogen (secondary N) is 2. The molecule has 2 aromatic rings. The molecule has 1 aromatic carbocycles. The number of likely N-dealkylation sites (tertiary alicyclic amines) is 1. The molecule has 10 heteroatoms. The molecule has 152 valence electrons. The standard InChI is InChI=1S/C19H20ClN5O4/c20-14-5-6-17(21-11-14)23-19(27)13-7-9-24(10-8-13)12-18(26)22-15-3-1-2-4-16(15)25(28)29/h1-6,11,13H,7-10,12H2,(H,22,26)(H,21,23,27). The molecular weight excluding hydrogens is 398 g/mol. The van der Waals surface area contributed by atoms with Crippen molar-refractivity contribution in [3.8, 4) is 0 Å². The molecular formula is C19H20ClN5O4. The number of rotatable bonds is 6. The second-order valence-corrected chi connectivity index (χ2v) is 7.16. The third-order valence-corrected chi connectivity index (χ3v) is 4.90. The summed E-state index contributed by atoms with van der Waals surface area (Å²) in [6, 6.07) is 9.31. The van der Waals surface area contributed by atoms with E-state index in [1.165, 1.54) is 18.3 Å². The molecule has 2 amide bonds. The Morgan fingerprint density at radius 2 is 1.90 bits per heavy atom. The van der Waals surface area contributed by atoms with Crippen LogP contribution in [0.25, 0.3) is 0 Å². The van der Waals surface area contributed by atoms with Gasteiger partial charge in [-0.1, -0.05) is 23.7 Å². The Balaban J connectivity index is 1.47. The summed E-state index contributed by atoms with van der Waals surface area (Å²) in [5.74, 6) is -0.149. The second kappa shape index (κ2) is 9.44. The number of piperidine rings is 1. The number of anilines is 2. The molecule has 3 rings (SSSR count). The van der Waals surface area contributed by atoms with Crippen molar-refractivity contribution >= 4 is 40.6 Å². The van der Waals surface area contributed by atoms with Gasteiger partial charge in [-0.2, -0.15) is 0 Å². The second-order valence-electron chi connectivity index (χ2n) is 6.72. The lowest BCUT2D eigenvalue weighted by Gasteiger charge is -2.30. The number of hydrogen-bond donors (Lipinski definition) is 2. The van der Waals surface area contributed by atoms with Crippen molar-refractivity contribution in [2.75, 3.05) is 30.3 Å². The molecule has 0 saturated carbocycles. The number of nitro benzene ring substituents is 1. The van der Waals surface area contributed by atoms with E-state index in [0.29, 0.717) is 36.8 Å². The minimum absolute atomic E-state index is 0.108. The molecule has 1 aliphatic rings. The molecule has 0 spiro atoms. The van der Waals surface area contributed by atoms with Crippen molar-refractivity contribution < 1.29 is 14.5 Å². The van der Waals surface area contributed by atoms with E-state index in [1.807, 2.05) is 4.90 Å². The van der Waals surface area contributed by atoms with Crippen LogP contribution in [0.15, 0.2) is 42.6 Å². The normalized spacial score (nSPS) is 14.9. The minimum atomic E-state index is -0.532. The molecule has 0 radical (unpaired) electrons. The summed E-state index contributed by atoms with van der Waals surface area (Å²) in [4.78, 5) is 41.1. The summed E-state index contributed by atoms with van der Waals surface area (Å²) in [6.45, 7) is 1.27. The van der Waals surface area contributed by atoms with Crippen molar-refractivity contribution in [3.63, 3.8) is 0 Å². The van der Waals surface area contributed by atoms with Crippen molar-refractivity contribution in [2.24, 2.45) is 5.92 Å². The summed E-state index contributed by atoms with van der Waals surface area (Å²) < 4.78 is 0. The van der Waals surface area contributed by atoms with Gasteiger partial charge in [-0.05, 0) is 44.1 Å². The van der Waals surface area contributed by atoms with Gasteiger partial charge in [-0.3, -0.25) is 24.6 Å². The van der Waals surface area contributed by atoms with E-state index < -0.39 is 4.92 Å². The first kappa shape index (κ1) is 20.7. The zero-order valence-electron chi connectivity index (χ0n) is 15.5. The Kier molecular flexibility index (Phi) is 6.73. The van der Waals surface area contributed by atoms with Gasteiger partial charge in [-0.15, -0.1) is 0 Å². The number of hydrogen-bond acceptors (Lipinski definition) is 6. The zero-order chi connectivity index (χ0) is 20.8. The van der Waals surface area contributed by atoms with Crippen LogP contribution >= 0.6 is 11.6 Å². The molecule has 9 nitrogen and oxygen atoms in total. The van der Waals surface area contributed by atoms with Gasteiger partial charge >= 0.3 is 0 Å². The van der Waals surface area contributed by atoms with Crippen LogP contribution in [0.2, 0.25) is 5.02 Å². The predicted molar refractivity (Wildman–Crippen MR) is 109 cm³/mol. The Hall–Kier alpha value is -3.04. The van der Waals surface area contributed by atoms with Gasteiger partial charge in [0.1, 0.15) is 11.5 Å². The smallest absolute Gasteiger partial charge is 0.292 e. The lowest BCUT2D eigenvalue weighted by atomic mass is 9.96. The third kappa shape index (κ3) is 5.72. The summed E-state index contributed by atoms with van der Waals surface area (Å²) in [6.07, 6.45) is 2.69. The highest BCUT2D eigenvalue weighted by molar-refractivity contribution is 6.30. The van der Waals surface area contributed by atoms with Gasteiger partial charge in [0.2, 0.25) is 11.8 Å². The summed E-state index contributed by atoms with van der Waals surface area (Å²) in [5, 5.41) is 16.9. The van der Waals surface area contributed by atoms with Crippen LogP contribution in [0.5, 0.6) is 0 Å². The topological polar surface area (TPSA) is 117 Å². The van der Waals surface area contributed by atoms with Gasteiger partial charge in [-0.25, -0.2) is 4.98 Å². The Labute approximate surface area is 172 Å². The first-order valence-corrected chi connectivity index (χ1v) is 9.48. The predicted octanol–water partition coefficient (Wildman–Crippen LogP) is 2.93. The Morgan fingerprint density at radius 3 is 2.55 bits per heavy atom. The molecule has 1 aromatic heterocycles. The highest BCUT2D eigenvalue weighted by Crippen LogP contribution is 2.24. The van der Waals surface area contributed by atoms with Gasteiger partial charge in [0, 0.05) is 18.2 Å².